The monoisotopic (exact) mass is 449 g/mol. The number of hydrogen-bond acceptors (Lipinski definition) is 3. The van der Waals surface area contributed by atoms with Crippen molar-refractivity contribution in [3.63, 3.8) is 0 Å². The molecule has 1 amide bonds. The molecule has 0 unspecified atom stereocenters. The number of halogens is 4. The number of anilines is 1. The van der Waals surface area contributed by atoms with Gasteiger partial charge in [-0.05, 0) is 73.2 Å². The highest BCUT2D eigenvalue weighted by Crippen LogP contribution is 2.30. The van der Waals surface area contributed by atoms with Gasteiger partial charge in [0.25, 0.3) is 5.91 Å². The second-order valence-corrected chi connectivity index (χ2v) is 7.16. The van der Waals surface area contributed by atoms with E-state index in [4.69, 9.17) is 21.1 Å². The number of ether oxygens (including phenoxy) is 2. The number of aryl methyl sites for hydroxylation is 1. The lowest BCUT2D eigenvalue weighted by Gasteiger charge is -2.13. The second kappa shape index (κ2) is 9.31. The summed E-state index contributed by atoms with van der Waals surface area (Å²) in [6.07, 6.45) is -4.43. The molecule has 0 spiro atoms. The Morgan fingerprint density at radius 2 is 1.74 bits per heavy atom. The van der Waals surface area contributed by atoms with Gasteiger partial charge in [0.2, 0.25) is 0 Å². The first-order valence-electron chi connectivity index (χ1n) is 9.22. The lowest BCUT2D eigenvalue weighted by Crippen LogP contribution is -2.13. The molecule has 0 saturated carbocycles. The Hall–Kier alpha value is -3.19. The molecule has 3 aromatic rings. The normalized spacial score (nSPS) is 11.2. The summed E-state index contributed by atoms with van der Waals surface area (Å²) in [6.45, 7) is 2.01. The number of methoxy groups -OCH3 is 1. The highest BCUT2D eigenvalue weighted by Gasteiger charge is 2.30. The van der Waals surface area contributed by atoms with E-state index in [0.29, 0.717) is 27.6 Å². The van der Waals surface area contributed by atoms with E-state index in [9.17, 15) is 18.0 Å². The summed E-state index contributed by atoms with van der Waals surface area (Å²) in [7, 11) is 1.51. The molecule has 3 aromatic carbocycles. The summed E-state index contributed by atoms with van der Waals surface area (Å²) in [5.41, 5.74) is 1.28. The molecule has 0 fully saturated rings. The minimum Gasteiger partial charge on any atom is -0.496 e. The fourth-order valence-electron chi connectivity index (χ4n) is 2.85. The Bertz CT molecular complexity index is 1080. The number of hydrogen-bond donors (Lipinski definition) is 1. The van der Waals surface area contributed by atoms with E-state index in [1.165, 1.54) is 19.2 Å². The minimum absolute atomic E-state index is 0.144. The van der Waals surface area contributed by atoms with E-state index in [0.717, 1.165) is 17.7 Å². The van der Waals surface area contributed by atoms with Gasteiger partial charge in [-0.1, -0.05) is 11.6 Å². The summed E-state index contributed by atoms with van der Waals surface area (Å²) >= 11 is 6.02. The van der Waals surface area contributed by atoms with Crippen LogP contribution >= 0.6 is 11.6 Å². The van der Waals surface area contributed by atoms with E-state index in [-0.39, 0.29) is 12.3 Å². The number of carbonyl (C=O) groups is 1. The number of benzene rings is 3. The predicted octanol–water partition coefficient (Wildman–Crippen LogP) is 6.51. The van der Waals surface area contributed by atoms with Gasteiger partial charge >= 0.3 is 6.18 Å². The van der Waals surface area contributed by atoms with Gasteiger partial charge in [0.05, 0.1) is 12.7 Å². The van der Waals surface area contributed by atoms with Crippen molar-refractivity contribution in [2.75, 3.05) is 12.4 Å². The molecule has 0 aliphatic heterocycles. The summed E-state index contributed by atoms with van der Waals surface area (Å²) in [4.78, 5) is 12.6. The zero-order valence-corrected chi connectivity index (χ0v) is 17.5. The zero-order chi connectivity index (χ0) is 22.6. The number of carbonyl (C=O) groups excluding carboxylic acids is 1. The van der Waals surface area contributed by atoms with Crippen LogP contribution in [-0.4, -0.2) is 13.0 Å². The first kappa shape index (κ1) is 22.5. The summed E-state index contributed by atoms with van der Waals surface area (Å²) in [5.74, 6) is 0.686. The molecule has 0 saturated heterocycles. The topological polar surface area (TPSA) is 47.6 Å². The van der Waals surface area contributed by atoms with Crippen molar-refractivity contribution in [2.24, 2.45) is 0 Å². The van der Waals surface area contributed by atoms with E-state index in [1.807, 2.05) is 6.92 Å². The zero-order valence-electron chi connectivity index (χ0n) is 16.7. The second-order valence-electron chi connectivity index (χ2n) is 6.76. The van der Waals surface area contributed by atoms with Crippen LogP contribution in [0.3, 0.4) is 0 Å². The number of nitrogens with one attached hydrogen (secondary N) is 1. The van der Waals surface area contributed by atoms with Crippen molar-refractivity contribution in [1.82, 2.24) is 0 Å². The lowest BCUT2D eigenvalue weighted by molar-refractivity contribution is -0.137. The SMILES string of the molecule is COc1ccc(C(=O)Nc2ccc(C(F)(F)F)cc2)cc1COc1ccc(Cl)c(C)c1. The Morgan fingerprint density at radius 3 is 2.35 bits per heavy atom. The standard InChI is InChI=1S/C23H19ClF3NO3/c1-14-11-19(8-9-20(14)24)31-13-16-12-15(3-10-21(16)30-2)22(29)28-18-6-4-17(5-7-18)23(25,26)27/h3-12H,13H2,1-2H3,(H,28,29). The van der Waals surface area contributed by atoms with Crippen LogP contribution in [0, 0.1) is 6.92 Å². The number of amides is 1. The first-order valence-corrected chi connectivity index (χ1v) is 9.59. The van der Waals surface area contributed by atoms with Crippen LogP contribution in [0.2, 0.25) is 5.02 Å². The maximum Gasteiger partial charge on any atom is 0.416 e. The molecule has 1 N–H and O–H groups in total. The summed E-state index contributed by atoms with van der Waals surface area (Å²) < 4.78 is 49.2. The molecular formula is C23H19ClF3NO3. The molecule has 31 heavy (non-hydrogen) atoms. The van der Waals surface area contributed by atoms with Gasteiger partial charge in [0, 0.05) is 21.8 Å². The lowest BCUT2D eigenvalue weighted by atomic mass is 10.1. The van der Waals surface area contributed by atoms with Gasteiger partial charge in [0.1, 0.15) is 18.1 Å². The molecule has 8 heteroatoms. The van der Waals surface area contributed by atoms with Gasteiger partial charge < -0.3 is 14.8 Å². The average Bonchev–Trinajstić information content (AvgIpc) is 2.74. The van der Waals surface area contributed by atoms with Crippen LogP contribution in [0.15, 0.2) is 60.7 Å². The molecule has 0 aliphatic carbocycles. The van der Waals surface area contributed by atoms with Crippen LogP contribution in [-0.2, 0) is 12.8 Å². The Kier molecular flexibility index (Phi) is 6.75. The third kappa shape index (κ3) is 5.70. The van der Waals surface area contributed by atoms with E-state index >= 15 is 0 Å². The molecule has 3 rings (SSSR count). The van der Waals surface area contributed by atoms with Crippen molar-refractivity contribution >= 4 is 23.2 Å². The van der Waals surface area contributed by atoms with Crippen LogP contribution in [0.5, 0.6) is 11.5 Å². The highest BCUT2D eigenvalue weighted by molar-refractivity contribution is 6.31. The summed E-state index contributed by atoms with van der Waals surface area (Å²) in [6, 6.07) is 14.3. The van der Waals surface area contributed by atoms with Gasteiger partial charge in [-0.2, -0.15) is 13.2 Å². The molecule has 0 radical (unpaired) electrons. The fraction of sp³-hybridized carbons (Fsp3) is 0.174. The quantitative estimate of drug-likeness (QED) is 0.467. The molecular weight excluding hydrogens is 431 g/mol. The van der Waals surface area contributed by atoms with Gasteiger partial charge in [-0.3, -0.25) is 4.79 Å². The Morgan fingerprint density at radius 1 is 1.03 bits per heavy atom. The molecule has 0 aliphatic rings. The molecule has 4 nitrogen and oxygen atoms in total. The Labute approximate surface area is 182 Å². The van der Waals surface area contributed by atoms with Crippen molar-refractivity contribution in [3.05, 3.63) is 87.9 Å². The van der Waals surface area contributed by atoms with Gasteiger partial charge in [0.15, 0.2) is 0 Å². The molecule has 0 atom stereocenters. The average molecular weight is 450 g/mol. The van der Waals surface area contributed by atoms with Crippen molar-refractivity contribution in [1.29, 1.82) is 0 Å². The van der Waals surface area contributed by atoms with E-state index in [2.05, 4.69) is 5.32 Å². The van der Waals surface area contributed by atoms with Crippen molar-refractivity contribution in [2.45, 2.75) is 19.7 Å². The molecule has 0 heterocycles. The number of alkyl halides is 3. The first-order chi connectivity index (χ1) is 14.7. The predicted molar refractivity (Wildman–Crippen MR) is 113 cm³/mol. The van der Waals surface area contributed by atoms with E-state index < -0.39 is 17.6 Å². The highest BCUT2D eigenvalue weighted by atomic mass is 35.5. The molecule has 0 bridgehead atoms. The smallest absolute Gasteiger partial charge is 0.416 e. The van der Waals surface area contributed by atoms with Crippen LogP contribution in [0.25, 0.3) is 0 Å². The fourth-order valence-corrected chi connectivity index (χ4v) is 2.96. The third-order valence-electron chi connectivity index (χ3n) is 4.54. The van der Waals surface area contributed by atoms with Crippen LogP contribution < -0.4 is 14.8 Å². The molecule has 0 aromatic heterocycles. The third-order valence-corrected chi connectivity index (χ3v) is 4.96. The maximum atomic E-state index is 12.7. The number of rotatable bonds is 6. The van der Waals surface area contributed by atoms with Crippen LogP contribution in [0.4, 0.5) is 18.9 Å². The summed E-state index contributed by atoms with van der Waals surface area (Å²) in [5, 5.41) is 3.22. The largest absolute Gasteiger partial charge is 0.496 e. The van der Waals surface area contributed by atoms with Crippen LogP contribution in [0.1, 0.15) is 27.0 Å². The van der Waals surface area contributed by atoms with Crippen molar-refractivity contribution in [3.8, 4) is 11.5 Å². The van der Waals surface area contributed by atoms with Gasteiger partial charge in [-0.25, -0.2) is 0 Å². The maximum absolute atomic E-state index is 12.7. The molecule has 162 valence electrons. The minimum atomic E-state index is -4.43. The Balaban J connectivity index is 1.74. The van der Waals surface area contributed by atoms with Gasteiger partial charge in [-0.15, -0.1) is 0 Å². The van der Waals surface area contributed by atoms with Crippen molar-refractivity contribution < 1.29 is 27.4 Å². The van der Waals surface area contributed by atoms with E-state index in [1.54, 1.807) is 36.4 Å².